The molecule has 0 spiro atoms. The van der Waals surface area contributed by atoms with Gasteiger partial charge in [-0.1, -0.05) is 80.9 Å². The maximum absolute atomic E-state index is 13.0. The van der Waals surface area contributed by atoms with E-state index in [1.165, 1.54) is 5.56 Å². The molecule has 3 N–H and O–H groups in total. The Kier molecular flexibility index (Phi) is 10.4. The van der Waals surface area contributed by atoms with Crippen LogP contribution in [0.2, 0.25) is 0 Å². The summed E-state index contributed by atoms with van der Waals surface area (Å²) in [6, 6.07) is 18.4. The zero-order valence-electron chi connectivity index (χ0n) is 24.0. The molecule has 41 heavy (non-hydrogen) atoms. The van der Waals surface area contributed by atoms with Gasteiger partial charge < -0.3 is 25.4 Å². The van der Waals surface area contributed by atoms with E-state index in [1.807, 2.05) is 62.4 Å². The number of alkyl carbamates (subject to hydrolysis) is 1. The van der Waals surface area contributed by atoms with Crippen molar-refractivity contribution in [2.75, 3.05) is 0 Å². The molecule has 9 nitrogen and oxygen atoms in total. The van der Waals surface area contributed by atoms with E-state index in [2.05, 4.69) is 28.1 Å². The molecule has 7 atom stereocenters. The summed E-state index contributed by atoms with van der Waals surface area (Å²) in [4.78, 5) is 50.0. The monoisotopic (exact) mass is 563 g/mol. The molecular formula is C32H41N3O6. The average Bonchev–Trinajstić information content (AvgIpc) is 3.70. The lowest BCUT2D eigenvalue weighted by Crippen LogP contribution is -2.56. The zero-order valence-corrected chi connectivity index (χ0v) is 24.0. The molecule has 0 unspecified atom stereocenters. The lowest BCUT2D eigenvalue weighted by Gasteiger charge is -2.37. The second-order valence-corrected chi connectivity index (χ2v) is 11.3. The van der Waals surface area contributed by atoms with Gasteiger partial charge in [0.2, 0.25) is 5.91 Å². The van der Waals surface area contributed by atoms with E-state index in [4.69, 9.17) is 9.47 Å². The summed E-state index contributed by atoms with van der Waals surface area (Å²) in [6.07, 6.45) is 2.41. The molecule has 1 heterocycles. The molecule has 9 heteroatoms. The number of aryl methyl sites for hydroxylation is 1. The second-order valence-electron chi connectivity index (χ2n) is 11.3. The van der Waals surface area contributed by atoms with Gasteiger partial charge in [0.05, 0.1) is 0 Å². The van der Waals surface area contributed by atoms with Gasteiger partial charge in [0.15, 0.2) is 6.10 Å². The van der Waals surface area contributed by atoms with E-state index in [1.54, 1.807) is 6.92 Å². The number of cyclic esters (lactones) is 1. The quantitative estimate of drug-likeness (QED) is 0.300. The van der Waals surface area contributed by atoms with E-state index in [-0.39, 0.29) is 54.2 Å². The first-order chi connectivity index (χ1) is 19.7. The number of benzene rings is 2. The third-order valence-electron chi connectivity index (χ3n) is 8.11. The minimum Gasteiger partial charge on any atom is -0.451 e. The lowest BCUT2D eigenvalue weighted by molar-refractivity contribution is -0.193. The van der Waals surface area contributed by atoms with Crippen LogP contribution in [0.5, 0.6) is 0 Å². The van der Waals surface area contributed by atoms with Crippen LogP contribution in [0, 0.1) is 17.8 Å². The highest BCUT2D eigenvalue weighted by Crippen LogP contribution is 2.37. The number of carbonyl (C=O) groups is 4. The highest BCUT2D eigenvalue weighted by Gasteiger charge is 2.51. The summed E-state index contributed by atoms with van der Waals surface area (Å²) in [5, 5.41) is 8.75. The standard InChI is InChI=1S/C32H41N3O6/c1-4-20(2)27-28(41-31(27)38)30(37)35-26-18-24(26)17-25(16-15-22-11-7-5-8-12-22)34-29(36)21(3)33-32(39)40-19-23-13-9-6-10-14-23/h5-14,20-21,24-28H,4,15-19H2,1-3H3,(H,33,39)(H,34,36)(H,35,37)/t20-,21-,24+,25+,26-,27-,28+/m0/s1. The summed E-state index contributed by atoms with van der Waals surface area (Å²) >= 11 is 0. The highest BCUT2D eigenvalue weighted by molar-refractivity contribution is 5.94. The Bertz CT molecular complexity index is 1190. The average molecular weight is 564 g/mol. The molecule has 1 aliphatic heterocycles. The number of rotatable bonds is 14. The van der Waals surface area contributed by atoms with Gasteiger partial charge in [0.1, 0.15) is 18.6 Å². The Morgan fingerprint density at radius 3 is 2.27 bits per heavy atom. The first-order valence-electron chi connectivity index (χ1n) is 14.6. The van der Waals surface area contributed by atoms with Gasteiger partial charge in [-0.25, -0.2) is 4.79 Å². The van der Waals surface area contributed by atoms with Crippen molar-refractivity contribution in [2.24, 2.45) is 17.8 Å². The number of esters is 1. The summed E-state index contributed by atoms with van der Waals surface area (Å²) in [5.41, 5.74) is 2.03. The fraction of sp³-hybridized carbons (Fsp3) is 0.500. The van der Waals surface area contributed by atoms with Crippen LogP contribution in [0.15, 0.2) is 60.7 Å². The molecule has 3 amide bonds. The van der Waals surface area contributed by atoms with Crippen molar-refractivity contribution in [1.82, 2.24) is 16.0 Å². The van der Waals surface area contributed by atoms with Crippen LogP contribution in [0.4, 0.5) is 4.79 Å². The van der Waals surface area contributed by atoms with Crippen LogP contribution in [-0.2, 0) is 36.9 Å². The first-order valence-corrected chi connectivity index (χ1v) is 14.6. The second kappa shape index (κ2) is 14.1. The molecule has 2 fully saturated rings. The topological polar surface area (TPSA) is 123 Å². The van der Waals surface area contributed by atoms with Crippen molar-refractivity contribution < 1.29 is 28.7 Å². The van der Waals surface area contributed by atoms with Gasteiger partial charge in [-0.05, 0) is 55.6 Å². The van der Waals surface area contributed by atoms with Crippen LogP contribution in [0.1, 0.15) is 57.6 Å². The molecule has 1 saturated heterocycles. The maximum Gasteiger partial charge on any atom is 0.408 e. The normalized spacial score (nSPS) is 23.1. The number of ether oxygens (including phenoxy) is 2. The first kappa shape index (κ1) is 30.1. The summed E-state index contributed by atoms with van der Waals surface area (Å²) in [5.74, 6) is -0.925. The largest absolute Gasteiger partial charge is 0.451 e. The minimum absolute atomic E-state index is 0.0148. The van der Waals surface area contributed by atoms with E-state index < -0.39 is 18.2 Å². The summed E-state index contributed by atoms with van der Waals surface area (Å²) < 4.78 is 10.4. The molecule has 2 aromatic rings. The number of amides is 3. The Hall–Kier alpha value is -3.88. The highest BCUT2D eigenvalue weighted by atomic mass is 16.6. The molecular weight excluding hydrogens is 522 g/mol. The number of hydrogen-bond donors (Lipinski definition) is 3. The molecule has 0 aromatic heterocycles. The van der Waals surface area contributed by atoms with E-state index >= 15 is 0 Å². The van der Waals surface area contributed by atoms with Crippen molar-refractivity contribution in [3.05, 3.63) is 71.8 Å². The van der Waals surface area contributed by atoms with E-state index in [0.29, 0.717) is 12.8 Å². The molecule has 220 valence electrons. The number of hydrogen-bond acceptors (Lipinski definition) is 6. The predicted octanol–water partition coefficient (Wildman–Crippen LogP) is 3.90. The smallest absolute Gasteiger partial charge is 0.408 e. The van der Waals surface area contributed by atoms with Crippen molar-refractivity contribution in [3.63, 3.8) is 0 Å². The van der Waals surface area contributed by atoms with Gasteiger partial charge in [-0.2, -0.15) is 0 Å². The Balaban J connectivity index is 1.27. The zero-order chi connectivity index (χ0) is 29.4. The molecule has 0 bridgehead atoms. The Morgan fingerprint density at radius 2 is 1.63 bits per heavy atom. The minimum atomic E-state index is -0.780. The Morgan fingerprint density at radius 1 is 0.976 bits per heavy atom. The van der Waals surface area contributed by atoms with Crippen molar-refractivity contribution in [3.8, 4) is 0 Å². The van der Waals surface area contributed by atoms with Crippen LogP contribution < -0.4 is 16.0 Å². The Labute approximate surface area is 241 Å². The predicted molar refractivity (Wildman–Crippen MR) is 153 cm³/mol. The van der Waals surface area contributed by atoms with Gasteiger partial charge >= 0.3 is 12.1 Å². The molecule has 2 aromatic carbocycles. The molecule has 0 radical (unpaired) electrons. The van der Waals surface area contributed by atoms with Gasteiger partial charge in [0.25, 0.3) is 5.91 Å². The molecule has 2 aliphatic rings. The van der Waals surface area contributed by atoms with Gasteiger partial charge in [-0.3, -0.25) is 14.4 Å². The van der Waals surface area contributed by atoms with E-state index in [0.717, 1.165) is 24.8 Å². The van der Waals surface area contributed by atoms with Gasteiger partial charge in [-0.15, -0.1) is 0 Å². The lowest BCUT2D eigenvalue weighted by atomic mass is 9.83. The molecule has 4 rings (SSSR count). The van der Waals surface area contributed by atoms with Crippen LogP contribution in [0.25, 0.3) is 0 Å². The fourth-order valence-electron chi connectivity index (χ4n) is 5.21. The maximum atomic E-state index is 13.0. The van der Waals surface area contributed by atoms with Crippen molar-refractivity contribution >= 4 is 23.9 Å². The fourth-order valence-corrected chi connectivity index (χ4v) is 5.21. The van der Waals surface area contributed by atoms with Gasteiger partial charge in [0, 0.05) is 12.1 Å². The number of carbonyl (C=O) groups excluding carboxylic acids is 4. The number of nitrogens with one attached hydrogen (secondary N) is 3. The third-order valence-corrected chi connectivity index (χ3v) is 8.11. The van der Waals surface area contributed by atoms with Crippen LogP contribution in [0.3, 0.4) is 0 Å². The summed E-state index contributed by atoms with van der Waals surface area (Å²) in [6.45, 7) is 5.70. The summed E-state index contributed by atoms with van der Waals surface area (Å²) in [7, 11) is 0. The molecule has 1 aliphatic carbocycles. The van der Waals surface area contributed by atoms with Crippen LogP contribution >= 0.6 is 0 Å². The third kappa shape index (κ3) is 8.55. The van der Waals surface area contributed by atoms with E-state index in [9.17, 15) is 19.2 Å². The van der Waals surface area contributed by atoms with Crippen molar-refractivity contribution in [2.45, 2.75) is 83.7 Å². The SMILES string of the molecule is CC[C@H](C)[C@@H]1C(=O)O[C@H]1C(=O)N[C@H]1C[C@H]1C[C@@H](CCc1ccccc1)NC(=O)[C@H](C)NC(=O)OCc1ccccc1. The molecule has 1 saturated carbocycles. The van der Waals surface area contributed by atoms with Crippen molar-refractivity contribution in [1.29, 1.82) is 0 Å². The van der Waals surface area contributed by atoms with Crippen LogP contribution in [-0.4, -0.2) is 48.1 Å².